The summed E-state index contributed by atoms with van der Waals surface area (Å²) in [7, 11) is 0. The van der Waals surface area contributed by atoms with Crippen LogP contribution in [0.4, 0.5) is 0 Å². The molecule has 4 fully saturated rings. The summed E-state index contributed by atoms with van der Waals surface area (Å²) in [4.78, 5) is 31.7. The summed E-state index contributed by atoms with van der Waals surface area (Å²) < 4.78 is 0. The number of nitrogens with one attached hydrogen (secondary N) is 2. The Hall–Kier alpha value is -3.48. The van der Waals surface area contributed by atoms with Gasteiger partial charge in [0.2, 0.25) is 11.8 Å². The first-order chi connectivity index (χ1) is 26.1. The van der Waals surface area contributed by atoms with E-state index in [1.54, 1.807) is 22.3 Å². The normalized spacial score (nSPS) is 30.3. The largest absolute Gasteiger partial charge is 0.353 e. The molecular weight excluding hydrogens is 653 g/mol. The van der Waals surface area contributed by atoms with Gasteiger partial charge in [0.15, 0.2) is 0 Å². The molecule has 280 valence electrons. The van der Waals surface area contributed by atoms with Crippen molar-refractivity contribution >= 4 is 11.8 Å². The Morgan fingerprint density at radius 1 is 0.491 bits per heavy atom. The van der Waals surface area contributed by atoms with E-state index in [1.165, 1.54) is 83.7 Å². The Balaban J connectivity index is 0.653. The van der Waals surface area contributed by atoms with Gasteiger partial charge in [0.1, 0.15) is 0 Å². The first kappa shape index (κ1) is 35.2. The van der Waals surface area contributed by atoms with Crippen molar-refractivity contribution in [3.05, 3.63) is 106 Å². The third kappa shape index (κ3) is 7.60. The van der Waals surface area contributed by atoms with Crippen LogP contribution in [-0.2, 0) is 22.4 Å². The summed E-state index contributed by atoms with van der Waals surface area (Å²) in [5.74, 6) is 1.77. The van der Waals surface area contributed by atoms with E-state index in [0.717, 1.165) is 48.6 Å². The molecule has 6 heteroatoms. The highest BCUT2D eigenvalue weighted by Crippen LogP contribution is 2.54. The minimum absolute atomic E-state index is 0.107. The lowest BCUT2D eigenvalue weighted by Gasteiger charge is -2.31. The predicted molar refractivity (Wildman–Crippen MR) is 211 cm³/mol. The molecule has 2 amide bonds. The zero-order valence-electron chi connectivity index (χ0n) is 31.7. The molecule has 4 aliphatic heterocycles. The second-order valence-corrected chi connectivity index (χ2v) is 17.6. The highest BCUT2D eigenvalue weighted by atomic mass is 16.2. The van der Waals surface area contributed by atoms with Gasteiger partial charge in [-0.3, -0.25) is 19.4 Å². The Labute approximate surface area is 317 Å². The summed E-state index contributed by atoms with van der Waals surface area (Å²) in [5.41, 5.74) is 8.32. The maximum Gasteiger partial charge on any atom is 0.224 e. The quantitative estimate of drug-likeness (QED) is 0.186. The molecule has 3 aromatic carbocycles. The highest BCUT2D eigenvalue weighted by molar-refractivity contribution is 5.80. The lowest BCUT2D eigenvalue weighted by atomic mass is 9.83. The molecule has 0 radical (unpaired) electrons. The smallest absolute Gasteiger partial charge is 0.224 e. The number of benzene rings is 3. The molecule has 3 aromatic rings. The van der Waals surface area contributed by atoms with Gasteiger partial charge in [0, 0.05) is 36.3 Å². The molecule has 0 unspecified atom stereocenters. The van der Waals surface area contributed by atoms with Crippen LogP contribution in [0.3, 0.4) is 0 Å². The summed E-state index contributed by atoms with van der Waals surface area (Å²) in [6.45, 7) is 2.43. The Kier molecular flexibility index (Phi) is 10.4. The van der Waals surface area contributed by atoms with Crippen LogP contribution >= 0.6 is 0 Å². The summed E-state index contributed by atoms with van der Waals surface area (Å²) >= 11 is 0. The molecule has 0 aromatic heterocycles. The third-order valence-electron chi connectivity index (χ3n) is 14.4. The average molecular weight is 713 g/mol. The molecule has 2 saturated heterocycles. The fourth-order valence-corrected chi connectivity index (χ4v) is 11.8. The minimum Gasteiger partial charge on any atom is -0.353 e. The van der Waals surface area contributed by atoms with Crippen molar-refractivity contribution in [2.24, 2.45) is 11.8 Å². The van der Waals surface area contributed by atoms with Crippen molar-refractivity contribution in [3.63, 3.8) is 0 Å². The van der Waals surface area contributed by atoms with Crippen molar-refractivity contribution in [2.45, 2.75) is 145 Å². The standard InChI is InChI=1S/C47H60N4O2/c52-46(48-36-18-14-32(15-19-36)9-6-27-50-42-22-23-43(50)39-11-2-1-10-38(39)42)30-34-7-5-8-35(29-34)31-47(53)49-37-20-16-33(17-21-37)26-28-51-44-24-25-45(51)41-13-4-3-12-40(41)44/h1-5,7-8,10-13,29,32-33,36-37,42-45H,6,9,14-28,30-31H2,(H,48,52)(H,49,53)/t32-,33-,36-,37-,42-,43+,44-,45+. The summed E-state index contributed by atoms with van der Waals surface area (Å²) in [6, 6.07) is 29.5. The van der Waals surface area contributed by atoms with Crippen LogP contribution in [0.15, 0.2) is 72.8 Å². The van der Waals surface area contributed by atoms with Crippen LogP contribution in [0.25, 0.3) is 0 Å². The van der Waals surface area contributed by atoms with Crippen molar-refractivity contribution in [1.29, 1.82) is 0 Å². The van der Waals surface area contributed by atoms with Crippen molar-refractivity contribution in [1.82, 2.24) is 20.4 Å². The van der Waals surface area contributed by atoms with E-state index in [2.05, 4.69) is 75.0 Å². The molecule has 2 aliphatic carbocycles. The second-order valence-electron chi connectivity index (χ2n) is 17.6. The molecule has 4 bridgehead atoms. The van der Waals surface area contributed by atoms with Crippen molar-refractivity contribution < 1.29 is 9.59 Å². The molecule has 6 nitrogen and oxygen atoms in total. The number of nitrogens with zero attached hydrogens (tertiary/aromatic N) is 2. The van der Waals surface area contributed by atoms with E-state index in [4.69, 9.17) is 0 Å². The Bertz CT molecular complexity index is 1690. The SMILES string of the molecule is O=C(Cc1cccc(CC(=O)N[C@H]2CC[C@H](CCN3[C@@H]4CC[C@H]3c3ccccc34)CC2)c1)N[C@H]1CC[C@H](CCCN2[C@@H]3CC[C@H]2c2ccccc23)CC1. The molecule has 6 aliphatic rings. The van der Waals surface area contributed by atoms with E-state index in [9.17, 15) is 9.59 Å². The maximum absolute atomic E-state index is 13.1. The van der Waals surface area contributed by atoms with E-state index in [0.29, 0.717) is 43.1 Å². The molecule has 2 saturated carbocycles. The molecule has 2 N–H and O–H groups in total. The van der Waals surface area contributed by atoms with Crippen LogP contribution in [0.1, 0.15) is 154 Å². The minimum atomic E-state index is 0.107. The van der Waals surface area contributed by atoms with Crippen LogP contribution in [0.2, 0.25) is 0 Å². The monoisotopic (exact) mass is 712 g/mol. The Morgan fingerprint density at radius 3 is 1.36 bits per heavy atom. The van der Waals surface area contributed by atoms with Crippen LogP contribution < -0.4 is 10.6 Å². The number of fused-ring (bicyclic) bond motifs is 10. The van der Waals surface area contributed by atoms with Gasteiger partial charge in [0.05, 0.1) is 12.8 Å². The van der Waals surface area contributed by atoms with Gasteiger partial charge in [-0.2, -0.15) is 0 Å². The van der Waals surface area contributed by atoms with Crippen LogP contribution in [0, 0.1) is 11.8 Å². The van der Waals surface area contributed by atoms with Crippen LogP contribution in [0.5, 0.6) is 0 Å². The van der Waals surface area contributed by atoms with Gasteiger partial charge in [-0.25, -0.2) is 0 Å². The van der Waals surface area contributed by atoms with Gasteiger partial charge in [-0.15, -0.1) is 0 Å². The van der Waals surface area contributed by atoms with Gasteiger partial charge >= 0.3 is 0 Å². The molecule has 4 heterocycles. The topological polar surface area (TPSA) is 64.7 Å². The van der Waals surface area contributed by atoms with E-state index >= 15 is 0 Å². The molecule has 9 rings (SSSR count). The van der Waals surface area contributed by atoms with Gasteiger partial charge in [-0.1, -0.05) is 72.8 Å². The van der Waals surface area contributed by atoms with Gasteiger partial charge in [-0.05, 0) is 155 Å². The molecular formula is C47H60N4O2. The molecule has 4 atom stereocenters. The van der Waals surface area contributed by atoms with E-state index < -0.39 is 0 Å². The fraction of sp³-hybridized carbons (Fsp3) is 0.574. The number of carbonyl (C=O) groups is 2. The number of rotatable bonds is 13. The average Bonchev–Trinajstić information content (AvgIpc) is 3.94. The van der Waals surface area contributed by atoms with E-state index in [-0.39, 0.29) is 17.9 Å². The number of hydrogen-bond donors (Lipinski definition) is 2. The van der Waals surface area contributed by atoms with Gasteiger partial charge < -0.3 is 10.6 Å². The first-order valence-electron chi connectivity index (χ1n) is 21.4. The lowest BCUT2D eigenvalue weighted by molar-refractivity contribution is -0.122. The summed E-state index contributed by atoms with van der Waals surface area (Å²) in [6.07, 6.45) is 19.1. The van der Waals surface area contributed by atoms with E-state index in [1.807, 2.05) is 18.2 Å². The predicted octanol–water partition coefficient (Wildman–Crippen LogP) is 9.08. The lowest BCUT2D eigenvalue weighted by Crippen LogP contribution is -2.39. The fourth-order valence-electron chi connectivity index (χ4n) is 11.8. The van der Waals surface area contributed by atoms with Crippen molar-refractivity contribution in [2.75, 3.05) is 13.1 Å². The zero-order valence-corrected chi connectivity index (χ0v) is 31.7. The third-order valence-corrected chi connectivity index (χ3v) is 14.4. The number of hydrogen-bond acceptors (Lipinski definition) is 4. The molecule has 53 heavy (non-hydrogen) atoms. The molecule has 0 spiro atoms. The summed E-state index contributed by atoms with van der Waals surface area (Å²) in [5, 5.41) is 6.69. The maximum atomic E-state index is 13.1. The first-order valence-corrected chi connectivity index (χ1v) is 21.4. The number of amides is 2. The highest BCUT2D eigenvalue weighted by Gasteiger charge is 2.44. The van der Waals surface area contributed by atoms with Crippen LogP contribution in [-0.4, -0.2) is 46.8 Å². The second kappa shape index (κ2) is 15.7. The van der Waals surface area contributed by atoms with Gasteiger partial charge in [0.25, 0.3) is 0 Å². The number of carbonyl (C=O) groups excluding carboxylic acids is 2. The Morgan fingerprint density at radius 2 is 0.906 bits per heavy atom. The van der Waals surface area contributed by atoms with Crippen molar-refractivity contribution in [3.8, 4) is 0 Å². The zero-order chi connectivity index (χ0) is 35.7.